The summed E-state index contributed by atoms with van der Waals surface area (Å²) in [5.74, 6) is -0.500. The van der Waals surface area contributed by atoms with Crippen molar-refractivity contribution in [2.75, 3.05) is 14.2 Å². The maximum absolute atomic E-state index is 10.9. The van der Waals surface area contributed by atoms with E-state index in [9.17, 15) is 4.79 Å². The number of hydrogen-bond acceptors (Lipinski definition) is 5. The van der Waals surface area contributed by atoms with Gasteiger partial charge in [0.1, 0.15) is 5.69 Å². The molecule has 0 heterocycles. The molecule has 0 radical (unpaired) electrons. The highest BCUT2D eigenvalue weighted by Crippen LogP contribution is 2.35. The van der Waals surface area contributed by atoms with E-state index in [0.29, 0.717) is 11.5 Å². The Bertz CT molecular complexity index is 434. The van der Waals surface area contributed by atoms with Gasteiger partial charge in [0.15, 0.2) is 11.5 Å². The first-order valence-electron chi connectivity index (χ1n) is 4.15. The molecule has 0 aliphatic heterocycles. The van der Waals surface area contributed by atoms with Crippen molar-refractivity contribution < 1.29 is 19.4 Å². The van der Waals surface area contributed by atoms with Crippen molar-refractivity contribution in [1.82, 2.24) is 0 Å². The Morgan fingerprint density at radius 1 is 1.31 bits per heavy atom. The number of aromatic carboxylic acids is 1. The maximum atomic E-state index is 10.9. The predicted octanol–water partition coefficient (Wildman–Crippen LogP) is 2.64. The second-order valence-electron chi connectivity index (χ2n) is 2.71. The van der Waals surface area contributed by atoms with E-state index >= 15 is 0 Å². The second-order valence-corrected chi connectivity index (χ2v) is 2.86. The maximum Gasteiger partial charge on any atom is 0.338 e. The molecule has 0 amide bonds. The zero-order valence-corrected chi connectivity index (χ0v) is 9.35. The van der Waals surface area contributed by atoms with E-state index in [1.807, 2.05) is 0 Å². The van der Waals surface area contributed by atoms with Crippen LogP contribution in [-0.4, -0.2) is 25.3 Å². The van der Waals surface area contributed by atoms with Gasteiger partial charge in [0.2, 0.25) is 0 Å². The summed E-state index contributed by atoms with van der Waals surface area (Å²) in [6, 6.07) is 2.68. The number of carboxylic acids is 1. The molecular weight excluding hydrogens is 236 g/mol. The number of rotatable bonds is 4. The first-order valence-corrected chi connectivity index (χ1v) is 4.49. The van der Waals surface area contributed by atoms with Crippen LogP contribution in [0.5, 0.6) is 11.5 Å². The second kappa shape index (κ2) is 5.32. The van der Waals surface area contributed by atoms with Crippen LogP contribution in [0.2, 0.25) is 0 Å². The number of nitrogens with zero attached hydrogens (tertiary/aromatic N) is 2. The number of ether oxygens (including phenoxy) is 2. The van der Waals surface area contributed by atoms with Gasteiger partial charge in [-0.2, -0.15) is 0 Å². The van der Waals surface area contributed by atoms with E-state index in [1.165, 1.54) is 26.4 Å². The third kappa shape index (κ3) is 2.40. The van der Waals surface area contributed by atoms with Crippen LogP contribution in [0.1, 0.15) is 10.4 Å². The van der Waals surface area contributed by atoms with Crippen LogP contribution in [0.25, 0.3) is 0 Å². The lowest BCUT2D eigenvalue weighted by molar-refractivity contribution is 0.0697. The van der Waals surface area contributed by atoms with Crippen molar-refractivity contribution in [3.63, 3.8) is 0 Å². The van der Waals surface area contributed by atoms with Gasteiger partial charge in [-0.25, -0.2) is 4.79 Å². The molecule has 1 rings (SSSR count). The number of hydrogen-bond donors (Lipinski definition) is 1. The molecular formula is C9H9ClN2O4. The summed E-state index contributed by atoms with van der Waals surface area (Å²) in [5.41, 5.74) is 0.0298. The standard InChI is InChI=1S/C9H9ClN2O4/c1-15-7-3-5(9(13)14)6(11-12-10)4-8(7)16-2/h3-4H,1-2H3,(H,13,14). The van der Waals surface area contributed by atoms with Crippen molar-refractivity contribution >= 4 is 23.4 Å². The number of halogens is 1. The topological polar surface area (TPSA) is 80.5 Å². The molecule has 1 aromatic rings. The molecule has 0 unspecified atom stereocenters. The molecule has 0 saturated carbocycles. The molecule has 0 atom stereocenters. The fourth-order valence-corrected chi connectivity index (χ4v) is 1.24. The molecule has 0 saturated heterocycles. The van der Waals surface area contributed by atoms with E-state index in [1.54, 1.807) is 0 Å². The molecule has 1 N–H and O–H groups in total. The molecule has 0 aliphatic rings. The zero-order chi connectivity index (χ0) is 12.1. The monoisotopic (exact) mass is 244 g/mol. The minimum Gasteiger partial charge on any atom is -0.493 e. The molecule has 0 aromatic heterocycles. The SMILES string of the molecule is COc1cc(N=NCl)c(C(=O)O)cc1OC. The Morgan fingerprint density at radius 3 is 2.31 bits per heavy atom. The first-order chi connectivity index (χ1) is 7.63. The van der Waals surface area contributed by atoms with Gasteiger partial charge in [0.25, 0.3) is 0 Å². The summed E-state index contributed by atoms with van der Waals surface area (Å²) in [7, 11) is 2.84. The zero-order valence-electron chi connectivity index (χ0n) is 8.60. The number of carboxylic acid groups (broad SMARTS) is 1. The lowest BCUT2D eigenvalue weighted by Crippen LogP contribution is -1.99. The Kier molecular flexibility index (Phi) is 4.07. The van der Waals surface area contributed by atoms with Gasteiger partial charge < -0.3 is 14.6 Å². The fraction of sp³-hybridized carbons (Fsp3) is 0.222. The molecule has 0 bridgehead atoms. The van der Waals surface area contributed by atoms with Crippen molar-refractivity contribution in [3.05, 3.63) is 17.7 Å². The Hall–Kier alpha value is -1.82. The van der Waals surface area contributed by atoms with Crippen LogP contribution in [0.3, 0.4) is 0 Å². The molecule has 6 nitrogen and oxygen atoms in total. The van der Waals surface area contributed by atoms with Gasteiger partial charge in [-0.1, -0.05) is 4.63 Å². The molecule has 0 fully saturated rings. The number of benzene rings is 1. The quantitative estimate of drug-likeness (QED) is 0.826. The van der Waals surface area contributed by atoms with E-state index in [4.69, 9.17) is 26.4 Å². The molecule has 16 heavy (non-hydrogen) atoms. The molecule has 1 aromatic carbocycles. The Balaban J connectivity index is 3.41. The first kappa shape index (κ1) is 12.3. The van der Waals surface area contributed by atoms with Gasteiger partial charge in [0.05, 0.1) is 31.6 Å². The molecule has 86 valence electrons. The fourth-order valence-electron chi connectivity index (χ4n) is 1.16. The van der Waals surface area contributed by atoms with Crippen molar-refractivity contribution in [1.29, 1.82) is 0 Å². The lowest BCUT2D eigenvalue weighted by atomic mass is 10.1. The van der Waals surface area contributed by atoms with E-state index < -0.39 is 5.97 Å². The Morgan fingerprint density at radius 2 is 1.88 bits per heavy atom. The highest BCUT2D eigenvalue weighted by Gasteiger charge is 2.15. The summed E-state index contributed by atoms with van der Waals surface area (Å²) in [4.78, 5) is 10.9. The van der Waals surface area contributed by atoms with Crippen LogP contribution >= 0.6 is 11.8 Å². The number of carbonyl (C=O) groups is 1. The van der Waals surface area contributed by atoms with Crippen LogP contribution in [0.4, 0.5) is 5.69 Å². The minimum absolute atomic E-state index is 0.0675. The summed E-state index contributed by atoms with van der Waals surface area (Å²) in [6.45, 7) is 0. The van der Waals surface area contributed by atoms with Gasteiger partial charge in [0, 0.05) is 12.1 Å². The normalized spacial score (nSPS) is 10.4. The number of methoxy groups -OCH3 is 2. The third-order valence-electron chi connectivity index (χ3n) is 1.88. The third-order valence-corrected chi connectivity index (χ3v) is 1.95. The van der Waals surface area contributed by atoms with Crippen LogP contribution in [0.15, 0.2) is 21.9 Å². The van der Waals surface area contributed by atoms with Crippen LogP contribution in [0, 0.1) is 0 Å². The van der Waals surface area contributed by atoms with Crippen molar-refractivity contribution in [2.24, 2.45) is 9.75 Å². The average molecular weight is 245 g/mol. The minimum atomic E-state index is -1.15. The summed E-state index contributed by atoms with van der Waals surface area (Å²) < 4.78 is 13.0. The van der Waals surface area contributed by atoms with Crippen LogP contribution in [-0.2, 0) is 0 Å². The highest BCUT2D eigenvalue weighted by molar-refractivity contribution is 6.14. The highest BCUT2D eigenvalue weighted by atomic mass is 35.5. The van der Waals surface area contributed by atoms with Gasteiger partial charge in [-0.15, -0.1) is 5.11 Å². The Labute approximate surface area is 96.6 Å². The molecule has 7 heteroatoms. The van der Waals surface area contributed by atoms with Crippen LogP contribution < -0.4 is 9.47 Å². The van der Waals surface area contributed by atoms with Crippen molar-refractivity contribution in [3.8, 4) is 11.5 Å². The summed E-state index contributed by atoms with van der Waals surface area (Å²) in [6.07, 6.45) is 0. The van der Waals surface area contributed by atoms with E-state index in [2.05, 4.69) is 9.75 Å². The predicted molar refractivity (Wildman–Crippen MR) is 56.9 cm³/mol. The lowest BCUT2D eigenvalue weighted by Gasteiger charge is -2.09. The summed E-state index contributed by atoms with van der Waals surface area (Å²) >= 11 is 5.08. The van der Waals surface area contributed by atoms with Gasteiger partial charge >= 0.3 is 5.97 Å². The van der Waals surface area contributed by atoms with E-state index in [0.717, 1.165) is 0 Å². The smallest absolute Gasteiger partial charge is 0.338 e. The largest absolute Gasteiger partial charge is 0.493 e. The average Bonchev–Trinajstić information content (AvgIpc) is 2.28. The van der Waals surface area contributed by atoms with E-state index in [-0.39, 0.29) is 11.3 Å². The molecule has 0 aliphatic carbocycles. The van der Waals surface area contributed by atoms with Crippen molar-refractivity contribution in [2.45, 2.75) is 0 Å². The summed E-state index contributed by atoms with van der Waals surface area (Å²) in [5, 5.41) is 12.4. The van der Waals surface area contributed by atoms with Gasteiger partial charge in [-0.3, -0.25) is 0 Å². The molecule has 0 spiro atoms. The van der Waals surface area contributed by atoms with Gasteiger partial charge in [-0.05, 0) is 0 Å².